The Hall–Kier alpha value is -0.870. The molecule has 1 aromatic heterocycles. The maximum Gasteiger partial charge on any atom is 0.0773 e. The molecule has 4 nitrogen and oxygen atoms in total. The molecule has 0 bridgehead atoms. The number of hydrogen-bond donors (Lipinski definition) is 1. The van der Waals surface area contributed by atoms with Crippen LogP contribution in [0, 0.1) is 0 Å². The molecular weight excluding hydrogens is 212 g/mol. The van der Waals surface area contributed by atoms with Crippen LogP contribution >= 0.6 is 0 Å². The van der Waals surface area contributed by atoms with Gasteiger partial charge in [-0.15, -0.1) is 0 Å². The van der Waals surface area contributed by atoms with Crippen LogP contribution in [0.3, 0.4) is 0 Å². The van der Waals surface area contributed by atoms with E-state index in [0.29, 0.717) is 6.04 Å². The van der Waals surface area contributed by atoms with Crippen molar-refractivity contribution in [1.29, 1.82) is 0 Å². The summed E-state index contributed by atoms with van der Waals surface area (Å²) >= 11 is 0. The zero-order valence-corrected chi connectivity index (χ0v) is 11.2. The van der Waals surface area contributed by atoms with Crippen molar-refractivity contribution < 1.29 is 0 Å². The van der Waals surface area contributed by atoms with Gasteiger partial charge in [-0.25, -0.2) is 0 Å². The van der Waals surface area contributed by atoms with Crippen LogP contribution in [-0.4, -0.2) is 39.9 Å². The van der Waals surface area contributed by atoms with Crippen LogP contribution in [0.15, 0.2) is 12.4 Å². The first kappa shape index (κ1) is 12.6. The highest BCUT2D eigenvalue weighted by Gasteiger charge is 2.35. The average Bonchev–Trinajstić information content (AvgIpc) is 2.58. The second-order valence-electron chi connectivity index (χ2n) is 5.95. The van der Waals surface area contributed by atoms with Gasteiger partial charge in [0.25, 0.3) is 0 Å². The number of rotatable bonds is 4. The van der Waals surface area contributed by atoms with Gasteiger partial charge in [0.05, 0.1) is 12.2 Å². The number of nitrogens with two attached hydrogens (primary N) is 1. The molecule has 0 unspecified atom stereocenters. The summed E-state index contributed by atoms with van der Waals surface area (Å²) in [5, 5.41) is 4.46. The molecule has 4 heteroatoms. The Labute approximate surface area is 104 Å². The third-order valence-electron chi connectivity index (χ3n) is 3.51. The van der Waals surface area contributed by atoms with E-state index in [-0.39, 0.29) is 5.54 Å². The van der Waals surface area contributed by atoms with Gasteiger partial charge >= 0.3 is 0 Å². The number of likely N-dealkylation sites (tertiary alicyclic amines) is 1. The molecule has 0 aliphatic carbocycles. The smallest absolute Gasteiger partial charge is 0.0773 e. The summed E-state index contributed by atoms with van der Waals surface area (Å²) in [7, 11) is 0. The zero-order valence-electron chi connectivity index (χ0n) is 11.2. The van der Waals surface area contributed by atoms with E-state index < -0.39 is 0 Å². The molecule has 0 aromatic carbocycles. The first-order valence-corrected chi connectivity index (χ1v) is 6.49. The lowest BCUT2D eigenvalue weighted by atomic mass is 9.98. The quantitative estimate of drug-likeness (QED) is 0.860. The van der Waals surface area contributed by atoms with Crippen LogP contribution in [0.4, 0.5) is 0 Å². The molecule has 0 amide bonds. The maximum atomic E-state index is 5.51. The molecule has 1 aliphatic rings. The first-order chi connectivity index (χ1) is 8.00. The lowest BCUT2D eigenvalue weighted by Crippen LogP contribution is -2.56. The Balaban J connectivity index is 1.87. The minimum absolute atomic E-state index is 0.284. The van der Waals surface area contributed by atoms with E-state index in [1.54, 1.807) is 0 Å². The molecule has 1 saturated heterocycles. The van der Waals surface area contributed by atoms with Gasteiger partial charge in [0, 0.05) is 24.8 Å². The van der Waals surface area contributed by atoms with Crippen molar-refractivity contribution in [2.45, 2.75) is 45.2 Å². The Bertz CT molecular complexity index is 358. The summed E-state index contributed by atoms with van der Waals surface area (Å²) in [6, 6.07) is 0.556. The van der Waals surface area contributed by atoms with Crippen LogP contribution < -0.4 is 5.73 Å². The largest absolute Gasteiger partial charge is 0.330 e. The van der Waals surface area contributed by atoms with Gasteiger partial charge in [-0.3, -0.25) is 9.58 Å². The van der Waals surface area contributed by atoms with Crippen molar-refractivity contribution in [2.24, 2.45) is 5.73 Å². The van der Waals surface area contributed by atoms with Crippen LogP contribution in [0.25, 0.3) is 0 Å². The Morgan fingerprint density at radius 1 is 1.41 bits per heavy atom. The van der Waals surface area contributed by atoms with Gasteiger partial charge < -0.3 is 5.73 Å². The summed E-state index contributed by atoms with van der Waals surface area (Å²) in [5.41, 5.74) is 7.11. The lowest BCUT2D eigenvalue weighted by molar-refractivity contribution is 0.0155. The molecule has 0 saturated carbocycles. The topological polar surface area (TPSA) is 47.1 Å². The van der Waals surface area contributed by atoms with Crippen molar-refractivity contribution in [3.63, 3.8) is 0 Å². The van der Waals surface area contributed by atoms with Crippen molar-refractivity contribution in [2.75, 3.05) is 19.6 Å². The molecule has 2 N–H and O–H groups in total. The molecule has 1 aromatic rings. The van der Waals surface area contributed by atoms with Gasteiger partial charge in [-0.2, -0.15) is 5.10 Å². The third kappa shape index (κ3) is 2.87. The molecule has 1 fully saturated rings. The third-order valence-corrected chi connectivity index (χ3v) is 3.51. The minimum atomic E-state index is 0.284. The van der Waals surface area contributed by atoms with E-state index in [0.717, 1.165) is 32.5 Å². The van der Waals surface area contributed by atoms with Crippen LogP contribution in [-0.2, 0) is 6.42 Å². The van der Waals surface area contributed by atoms with E-state index in [1.165, 1.54) is 5.56 Å². The second kappa shape index (κ2) is 4.78. The second-order valence-corrected chi connectivity index (χ2v) is 5.95. The highest BCUT2D eigenvalue weighted by Crippen LogP contribution is 2.28. The van der Waals surface area contributed by atoms with Gasteiger partial charge in [-0.05, 0) is 45.7 Å². The van der Waals surface area contributed by atoms with Crippen molar-refractivity contribution in [3.05, 3.63) is 18.0 Å². The normalized spacial score (nSPS) is 18.4. The zero-order chi connectivity index (χ0) is 12.5. The van der Waals surface area contributed by atoms with Crippen LogP contribution in [0.1, 0.15) is 38.8 Å². The molecule has 1 aliphatic heterocycles. The van der Waals surface area contributed by atoms with E-state index in [1.807, 2.05) is 6.20 Å². The predicted octanol–water partition coefficient (Wildman–Crippen LogP) is 1.43. The van der Waals surface area contributed by atoms with E-state index in [4.69, 9.17) is 5.73 Å². The van der Waals surface area contributed by atoms with Gasteiger partial charge in [0.15, 0.2) is 0 Å². The van der Waals surface area contributed by atoms with Crippen molar-refractivity contribution in [1.82, 2.24) is 14.7 Å². The maximum absolute atomic E-state index is 5.51. The predicted molar refractivity (Wildman–Crippen MR) is 70.0 cm³/mol. The molecule has 0 atom stereocenters. The Morgan fingerprint density at radius 3 is 2.71 bits per heavy atom. The molecule has 2 heterocycles. The van der Waals surface area contributed by atoms with Gasteiger partial charge in [0.2, 0.25) is 0 Å². The standard InChI is InChI=1S/C13H24N4/c1-13(2,3)16-9-12(10-16)17-8-11(7-15-17)5-4-6-14/h7-8,12H,4-6,9-10,14H2,1-3H3. The summed E-state index contributed by atoms with van der Waals surface area (Å²) in [4.78, 5) is 2.49. The Morgan fingerprint density at radius 2 is 2.12 bits per heavy atom. The van der Waals surface area contributed by atoms with Crippen LogP contribution in [0.2, 0.25) is 0 Å². The molecule has 2 rings (SSSR count). The molecular formula is C13H24N4. The fraction of sp³-hybridized carbons (Fsp3) is 0.769. The molecule has 0 radical (unpaired) electrons. The summed E-state index contributed by atoms with van der Waals surface area (Å²) in [5.74, 6) is 0. The van der Waals surface area contributed by atoms with Crippen molar-refractivity contribution in [3.8, 4) is 0 Å². The number of nitrogens with zero attached hydrogens (tertiary/aromatic N) is 3. The Kier molecular flexibility index (Phi) is 3.54. The van der Waals surface area contributed by atoms with Crippen molar-refractivity contribution >= 4 is 0 Å². The number of hydrogen-bond acceptors (Lipinski definition) is 3. The van der Waals surface area contributed by atoms with Gasteiger partial charge in [-0.1, -0.05) is 0 Å². The summed E-state index contributed by atoms with van der Waals surface area (Å²) in [6.45, 7) is 9.77. The van der Waals surface area contributed by atoms with E-state index in [2.05, 4.69) is 41.6 Å². The fourth-order valence-corrected chi connectivity index (χ4v) is 2.18. The first-order valence-electron chi connectivity index (χ1n) is 6.49. The molecule has 17 heavy (non-hydrogen) atoms. The summed E-state index contributed by atoms with van der Waals surface area (Å²) in [6.07, 6.45) is 6.26. The van der Waals surface area contributed by atoms with Gasteiger partial charge in [0.1, 0.15) is 0 Å². The molecule has 0 spiro atoms. The monoisotopic (exact) mass is 236 g/mol. The van der Waals surface area contributed by atoms with E-state index >= 15 is 0 Å². The fourth-order valence-electron chi connectivity index (χ4n) is 2.18. The van der Waals surface area contributed by atoms with Crippen LogP contribution in [0.5, 0.6) is 0 Å². The lowest BCUT2D eigenvalue weighted by Gasteiger charge is -2.47. The number of aryl methyl sites for hydroxylation is 1. The summed E-state index contributed by atoms with van der Waals surface area (Å²) < 4.78 is 2.12. The molecule has 96 valence electrons. The SMILES string of the molecule is CC(C)(C)N1CC(n2cc(CCCN)cn2)C1. The highest BCUT2D eigenvalue weighted by atomic mass is 15.4. The highest BCUT2D eigenvalue weighted by molar-refractivity contribution is 5.06. The van der Waals surface area contributed by atoms with E-state index in [9.17, 15) is 0 Å². The number of aromatic nitrogens is 2. The average molecular weight is 236 g/mol. The minimum Gasteiger partial charge on any atom is -0.330 e.